The van der Waals surface area contributed by atoms with Gasteiger partial charge in [-0.1, -0.05) is 12.1 Å². The van der Waals surface area contributed by atoms with E-state index in [1.807, 2.05) is 22.9 Å². The van der Waals surface area contributed by atoms with Crippen LogP contribution in [0, 0.1) is 0 Å². The van der Waals surface area contributed by atoms with Gasteiger partial charge < -0.3 is 9.73 Å². The molecule has 0 aliphatic heterocycles. The number of aromatic nitrogens is 1. The number of nitrogens with one attached hydrogen (secondary N) is 2. The van der Waals surface area contributed by atoms with Gasteiger partial charge in [0, 0.05) is 27.9 Å². The maximum absolute atomic E-state index is 12.6. The first-order valence-electron chi connectivity index (χ1n) is 9.40. The molecule has 4 aromatic rings. The topological polar surface area (TPSA) is 84.2 Å². The van der Waals surface area contributed by atoms with E-state index in [9.17, 15) is 9.59 Å². The van der Waals surface area contributed by atoms with Crippen molar-refractivity contribution in [3.63, 3.8) is 0 Å². The number of thiophene rings is 1. The zero-order valence-corrected chi connectivity index (χ0v) is 17.6. The molecule has 6 nitrogen and oxygen atoms in total. The minimum absolute atomic E-state index is 0.0628. The van der Waals surface area contributed by atoms with Gasteiger partial charge in [0.2, 0.25) is 5.91 Å². The van der Waals surface area contributed by atoms with Crippen LogP contribution in [0.2, 0.25) is 0 Å². The summed E-state index contributed by atoms with van der Waals surface area (Å²) in [7, 11) is 0. The molecule has 0 fully saturated rings. The molecule has 2 amide bonds. The SMILES string of the molecule is O=C(CCCc1cccs1)Nc1cccc(C(=O)Nc2nc(-c3ccco3)cs2)c1. The Labute approximate surface area is 181 Å². The lowest BCUT2D eigenvalue weighted by atomic mass is 10.1. The molecule has 30 heavy (non-hydrogen) atoms. The van der Waals surface area contributed by atoms with Gasteiger partial charge in [-0.05, 0) is 54.6 Å². The van der Waals surface area contributed by atoms with Crippen molar-refractivity contribution >= 4 is 45.3 Å². The predicted molar refractivity (Wildman–Crippen MR) is 120 cm³/mol. The molecule has 4 rings (SSSR count). The lowest BCUT2D eigenvalue weighted by Gasteiger charge is -2.07. The summed E-state index contributed by atoms with van der Waals surface area (Å²) in [6.45, 7) is 0. The molecule has 8 heteroatoms. The monoisotopic (exact) mass is 437 g/mol. The molecule has 0 atom stereocenters. The van der Waals surface area contributed by atoms with Crippen molar-refractivity contribution in [2.45, 2.75) is 19.3 Å². The molecule has 1 aromatic carbocycles. The van der Waals surface area contributed by atoms with E-state index in [1.165, 1.54) is 16.2 Å². The van der Waals surface area contributed by atoms with Gasteiger partial charge in [0.25, 0.3) is 5.91 Å². The average Bonchev–Trinajstić information content (AvgIpc) is 3.50. The largest absolute Gasteiger partial charge is 0.463 e. The third kappa shape index (κ3) is 5.22. The van der Waals surface area contributed by atoms with Gasteiger partial charge in [0.1, 0.15) is 5.69 Å². The van der Waals surface area contributed by atoms with Crippen molar-refractivity contribution in [1.82, 2.24) is 4.98 Å². The second-order valence-electron chi connectivity index (χ2n) is 6.53. The van der Waals surface area contributed by atoms with Crippen molar-refractivity contribution in [2.24, 2.45) is 0 Å². The molecule has 0 spiro atoms. The summed E-state index contributed by atoms with van der Waals surface area (Å²) in [5.41, 5.74) is 1.71. The number of carbonyl (C=O) groups excluding carboxylic acids is 2. The summed E-state index contributed by atoms with van der Waals surface area (Å²) < 4.78 is 5.32. The standard InChI is InChI=1S/C22H19N3O3S2/c26-20(10-2-7-17-8-4-12-29-17)23-16-6-1-5-15(13-16)21(27)25-22-24-18(14-30-22)19-9-3-11-28-19/h1,3-6,8-9,11-14H,2,7,10H2,(H,23,26)(H,24,25,27). The van der Waals surface area contributed by atoms with E-state index < -0.39 is 0 Å². The number of hydrogen-bond donors (Lipinski definition) is 2. The molecule has 3 aromatic heterocycles. The Hall–Kier alpha value is -3.23. The van der Waals surface area contributed by atoms with E-state index in [4.69, 9.17) is 4.42 Å². The molecule has 3 heterocycles. The first-order valence-corrected chi connectivity index (χ1v) is 11.2. The minimum atomic E-state index is -0.288. The third-order valence-electron chi connectivity index (χ3n) is 4.31. The number of carbonyl (C=O) groups is 2. The molecule has 0 aliphatic rings. The van der Waals surface area contributed by atoms with E-state index in [0.717, 1.165) is 12.8 Å². The first-order chi connectivity index (χ1) is 14.7. The summed E-state index contributed by atoms with van der Waals surface area (Å²) in [6.07, 6.45) is 3.69. The highest BCUT2D eigenvalue weighted by molar-refractivity contribution is 7.14. The summed E-state index contributed by atoms with van der Waals surface area (Å²) in [6, 6.07) is 14.6. The van der Waals surface area contributed by atoms with E-state index in [-0.39, 0.29) is 11.8 Å². The van der Waals surface area contributed by atoms with Gasteiger partial charge in [0.15, 0.2) is 10.9 Å². The molecule has 0 radical (unpaired) electrons. The van der Waals surface area contributed by atoms with Gasteiger partial charge in [-0.3, -0.25) is 14.9 Å². The van der Waals surface area contributed by atoms with Crippen molar-refractivity contribution in [2.75, 3.05) is 10.6 Å². The number of hydrogen-bond acceptors (Lipinski definition) is 6. The molecule has 0 saturated carbocycles. The van der Waals surface area contributed by atoms with Crippen LogP contribution in [0.25, 0.3) is 11.5 Å². The fourth-order valence-electron chi connectivity index (χ4n) is 2.88. The Morgan fingerprint density at radius 2 is 1.97 bits per heavy atom. The minimum Gasteiger partial charge on any atom is -0.463 e. The summed E-state index contributed by atoms with van der Waals surface area (Å²) >= 11 is 3.02. The second-order valence-corrected chi connectivity index (χ2v) is 8.42. The Balaban J connectivity index is 1.32. The van der Waals surface area contributed by atoms with Gasteiger partial charge in [-0.2, -0.15) is 0 Å². The van der Waals surface area contributed by atoms with Gasteiger partial charge >= 0.3 is 0 Å². The predicted octanol–water partition coefficient (Wildman–Crippen LogP) is 5.68. The molecular formula is C22H19N3O3S2. The Bertz CT molecular complexity index is 1120. The highest BCUT2D eigenvalue weighted by Gasteiger charge is 2.12. The fourth-order valence-corrected chi connectivity index (χ4v) is 4.32. The van der Waals surface area contributed by atoms with E-state index in [1.54, 1.807) is 47.9 Å². The maximum atomic E-state index is 12.6. The Morgan fingerprint density at radius 3 is 2.77 bits per heavy atom. The number of benzene rings is 1. The van der Waals surface area contributed by atoms with Crippen molar-refractivity contribution in [3.8, 4) is 11.5 Å². The average molecular weight is 438 g/mol. The molecule has 0 saturated heterocycles. The van der Waals surface area contributed by atoms with Crippen LogP contribution in [0.4, 0.5) is 10.8 Å². The first kappa shape index (κ1) is 20.1. The molecule has 0 aliphatic carbocycles. The number of rotatable bonds is 8. The van der Waals surface area contributed by atoms with E-state index in [2.05, 4.69) is 21.7 Å². The molecule has 152 valence electrons. The van der Waals surface area contributed by atoms with E-state index in [0.29, 0.717) is 34.3 Å². The van der Waals surface area contributed by atoms with Crippen LogP contribution in [0.1, 0.15) is 28.1 Å². The van der Waals surface area contributed by atoms with Crippen LogP contribution >= 0.6 is 22.7 Å². The molecular weight excluding hydrogens is 418 g/mol. The fraction of sp³-hybridized carbons (Fsp3) is 0.136. The van der Waals surface area contributed by atoms with E-state index >= 15 is 0 Å². The molecule has 0 bridgehead atoms. The summed E-state index contributed by atoms with van der Waals surface area (Å²) in [5, 5.41) is 9.99. The number of nitrogens with zero attached hydrogens (tertiary/aromatic N) is 1. The number of aryl methyl sites for hydroxylation is 1. The maximum Gasteiger partial charge on any atom is 0.257 e. The lowest BCUT2D eigenvalue weighted by Crippen LogP contribution is -2.14. The normalized spacial score (nSPS) is 10.7. The summed E-state index contributed by atoms with van der Waals surface area (Å²) in [4.78, 5) is 30.4. The highest BCUT2D eigenvalue weighted by atomic mass is 32.1. The van der Waals surface area contributed by atoms with Crippen LogP contribution in [-0.2, 0) is 11.2 Å². The van der Waals surface area contributed by atoms with Crippen LogP contribution < -0.4 is 10.6 Å². The smallest absolute Gasteiger partial charge is 0.257 e. The van der Waals surface area contributed by atoms with Crippen LogP contribution in [0.15, 0.2) is 70.0 Å². The third-order valence-corrected chi connectivity index (χ3v) is 6.01. The van der Waals surface area contributed by atoms with Crippen molar-refractivity contribution in [1.29, 1.82) is 0 Å². The lowest BCUT2D eigenvalue weighted by molar-refractivity contribution is -0.116. The zero-order chi connectivity index (χ0) is 20.8. The van der Waals surface area contributed by atoms with Gasteiger partial charge in [0.05, 0.1) is 6.26 Å². The Kier molecular flexibility index (Phi) is 6.36. The molecule has 2 N–H and O–H groups in total. The second kappa shape index (κ2) is 9.51. The number of thiazole rings is 1. The van der Waals surface area contributed by atoms with Crippen molar-refractivity contribution < 1.29 is 14.0 Å². The number of anilines is 2. The number of amides is 2. The van der Waals surface area contributed by atoms with Crippen LogP contribution in [0.5, 0.6) is 0 Å². The van der Waals surface area contributed by atoms with Gasteiger partial charge in [-0.25, -0.2) is 4.98 Å². The van der Waals surface area contributed by atoms with Gasteiger partial charge in [-0.15, -0.1) is 22.7 Å². The zero-order valence-electron chi connectivity index (χ0n) is 16.0. The Morgan fingerprint density at radius 1 is 1.03 bits per heavy atom. The van der Waals surface area contributed by atoms with Crippen LogP contribution in [0.3, 0.4) is 0 Å². The highest BCUT2D eigenvalue weighted by Crippen LogP contribution is 2.25. The van der Waals surface area contributed by atoms with Crippen molar-refractivity contribution in [3.05, 3.63) is 76.0 Å². The van der Waals surface area contributed by atoms with Crippen LogP contribution in [-0.4, -0.2) is 16.8 Å². The number of furan rings is 1. The quantitative estimate of drug-likeness (QED) is 0.371. The molecule has 0 unspecified atom stereocenters. The summed E-state index contributed by atoms with van der Waals surface area (Å²) in [5.74, 6) is 0.298.